The Morgan fingerprint density at radius 1 is 0.933 bits per heavy atom. The summed E-state index contributed by atoms with van der Waals surface area (Å²) in [6.07, 6.45) is 1.53. The lowest BCUT2D eigenvalue weighted by Gasteiger charge is -2.21. The normalized spacial score (nSPS) is 13.9. The van der Waals surface area contributed by atoms with Crippen molar-refractivity contribution in [3.8, 4) is 5.75 Å². The maximum Gasteiger partial charge on any atom is 0.278 e. The third-order valence-electron chi connectivity index (χ3n) is 5.06. The van der Waals surface area contributed by atoms with Crippen molar-refractivity contribution in [3.63, 3.8) is 0 Å². The average Bonchev–Trinajstić information content (AvgIpc) is 3.37. The van der Waals surface area contributed by atoms with Gasteiger partial charge in [0, 0.05) is 13.6 Å². The first-order valence-corrected chi connectivity index (χ1v) is 9.61. The van der Waals surface area contributed by atoms with E-state index >= 15 is 0 Å². The van der Waals surface area contributed by atoms with Crippen LogP contribution in [-0.4, -0.2) is 35.8 Å². The van der Waals surface area contributed by atoms with E-state index in [1.54, 1.807) is 43.5 Å². The zero-order chi connectivity index (χ0) is 21.1. The summed E-state index contributed by atoms with van der Waals surface area (Å²) in [6, 6.07) is 20.5. The van der Waals surface area contributed by atoms with E-state index in [4.69, 9.17) is 9.15 Å². The monoisotopic (exact) mass is 402 g/mol. The molecule has 6 heteroatoms. The van der Waals surface area contributed by atoms with E-state index in [9.17, 15) is 9.59 Å². The maximum atomic E-state index is 13.3. The van der Waals surface area contributed by atoms with Crippen LogP contribution in [-0.2, 0) is 22.7 Å². The molecular formula is C24H22N2O4. The zero-order valence-corrected chi connectivity index (χ0v) is 16.9. The largest absolute Gasteiger partial charge is 0.497 e. The standard InChI is InChI=1S/C24H22N2O4/c1-25(15-17-7-4-3-5-8-17)22-21(18-10-12-19(29-2)13-11-18)23(27)26(24(22)28)16-20-9-6-14-30-20/h3-14H,15-16H2,1-2H3. The second-order valence-electron chi connectivity index (χ2n) is 7.07. The maximum absolute atomic E-state index is 13.3. The fourth-order valence-corrected chi connectivity index (χ4v) is 3.57. The zero-order valence-electron chi connectivity index (χ0n) is 16.9. The summed E-state index contributed by atoms with van der Waals surface area (Å²) in [7, 11) is 3.41. The Balaban J connectivity index is 1.73. The van der Waals surface area contributed by atoms with Gasteiger partial charge >= 0.3 is 0 Å². The summed E-state index contributed by atoms with van der Waals surface area (Å²) in [5.74, 6) is 0.567. The number of carbonyl (C=O) groups excluding carboxylic acids is 2. The van der Waals surface area contributed by atoms with Crippen LogP contribution >= 0.6 is 0 Å². The van der Waals surface area contributed by atoms with Crippen molar-refractivity contribution in [2.45, 2.75) is 13.1 Å². The van der Waals surface area contributed by atoms with Gasteiger partial charge in [0.05, 0.1) is 25.5 Å². The predicted octanol–water partition coefficient (Wildman–Crippen LogP) is 3.70. The van der Waals surface area contributed by atoms with Crippen molar-refractivity contribution in [2.75, 3.05) is 14.2 Å². The van der Waals surface area contributed by atoms with Crippen LogP contribution in [0.2, 0.25) is 0 Å². The number of nitrogens with zero attached hydrogens (tertiary/aromatic N) is 2. The van der Waals surface area contributed by atoms with E-state index in [-0.39, 0.29) is 18.4 Å². The number of imide groups is 1. The van der Waals surface area contributed by atoms with Crippen molar-refractivity contribution in [2.24, 2.45) is 0 Å². The molecule has 0 unspecified atom stereocenters. The fourth-order valence-electron chi connectivity index (χ4n) is 3.57. The Morgan fingerprint density at radius 2 is 1.67 bits per heavy atom. The van der Waals surface area contributed by atoms with Crippen LogP contribution in [0.15, 0.2) is 83.1 Å². The lowest BCUT2D eigenvalue weighted by molar-refractivity contribution is -0.138. The molecule has 2 heterocycles. The second kappa shape index (κ2) is 8.29. The van der Waals surface area contributed by atoms with E-state index in [0.29, 0.717) is 34.9 Å². The molecule has 0 saturated heterocycles. The highest BCUT2D eigenvalue weighted by Gasteiger charge is 2.41. The number of amides is 2. The number of rotatable bonds is 7. The van der Waals surface area contributed by atoms with Crippen LogP contribution in [0.1, 0.15) is 16.9 Å². The van der Waals surface area contributed by atoms with E-state index in [0.717, 1.165) is 5.56 Å². The molecule has 0 saturated carbocycles. The van der Waals surface area contributed by atoms with Gasteiger partial charge in [0.2, 0.25) is 0 Å². The van der Waals surface area contributed by atoms with Gasteiger partial charge in [-0.25, -0.2) is 0 Å². The smallest absolute Gasteiger partial charge is 0.278 e. The van der Waals surface area contributed by atoms with Gasteiger partial charge in [-0.3, -0.25) is 14.5 Å². The number of methoxy groups -OCH3 is 1. The molecule has 1 aliphatic heterocycles. The van der Waals surface area contributed by atoms with Crippen LogP contribution < -0.4 is 4.74 Å². The first-order chi connectivity index (χ1) is 14.6. The van der Waals surface area contributed by atoms with E-state index in [1.807, 2.05) is 42.3 Å². The minimum atomic E-state index is -0.337. The van der Waals surface area contributed by atoms with Crippen LogP contribution in [0.4, 0.5) is 0 Å². The van der Waals surface area contributed by atoms with Gasteiger partial charge in [0.1, 0.15) is 17.2 Å². The lowest BCUT2D eigenvalue weighted by Crippen LogP contribution is -2.33. The summed E-state index contributed by atoms with van der Waals surface area (Å²) >= 11 is 0. The fraction of sp³-hybridized carbons (Fsp3) is 0.167. The van der Waals surface area contributed by atoms with Gasteiger partial charge in [-0.05, 0) is 35.4 Å². The number of hydrogen-bond donors (Lipinski definition) is 0. The molecule has 2 amide bonds. The molecule has 0 N–H and O–H groups in total. The third-order valence-corrected chi connectivity index (χ3v) is 5.06. The number of furan rings is 1. The molecule has 0 aliphatic carbocycles. The molecule has 1 aromatic heterocycles. The van der Waals surface area contributed by atoms with E-state index < -0.39 is 0 Å². The summed E-state index contributed by atoms with van der Waals surface area (Å²) in [5.41, 5.74) is 2.48. The summed E-state index contributed by atoms with van der Waals surface area (Å²) in [4.78, 5) is 29.7. The topological polar surface area (TPSA) is 63.0 Å². The highest BCUT2D eigenvalue weighted by Crippen LogP contribution is 2.33. The average molecular weight is 402 g/mol. The van der Waals surface area contributed by atoms with Crippen molar-refractivity contribution in [1.29, 1.82) is 0 Å². The quantitative estimate of drug-likeness (QED) is 0.564. The van der Waals surface area contributed by atoms with Gasteiger partial charge < -0.3 is 14.1 Å². The van der Waals surface area contributed by atoms with Crippen LogP contribution in [0.5, 0.6) is 5.75 Å². The number of benzene rings is 2. The Kier molecular flexibility index (Phi) is 5.39. The molecule has 0 spiro atoms. The minimum Gasteiger partial charge on any atom is -0.497 e. The summed E-state index contributed by atoms with van der Waals surface area (Å²) < 4.78 is 10.6. The summed E-state index contributed by atoms with van der Waals surface area (Å²) in [6.45, 7) is 0.594. The first-order valence-electron chi connectivity index (χ1n) is 9.61. The van der Waals surface area contributed by atoms with Crippen molar-refractivity contribution >= 4 is 17.4 Å². The molecule has 4 rings (SSSR count). The molecule has 3 aromatic rings. The molecular weight excluding hydrogens is 380 g/mol. The first kappa shape index (κ1) is 19.5. The lowest BCUT2D eigenvalue weighted by atomic mass is 10.0. The molecule has 0 atom stereocenters. The van der Waals surface area contributed by atoms with E-state index in [1.165, 1.54) is 11.2 Å². The van der Waals surface area contributed by atoms with Crippen LogP contribution in [0.25, 0.3) is 5.57 Å². The highest BCUT2D eigenvalue weighted by molar-refractivity contribution is 6.35. The van der Waals surface area contributed by atoms with Crippen molar-refractivity contribution in [1.82, 2.24) is 9.80 Å². The van der Waals surface area contributed by atoms with Crippen molar-refractivity contribution < 1.29 is 18.7 Å². The number of likely N-dealkylation sites (N-methyl/N-ethyl adjacent to an activating group) is 1. The Bertz CT molecular complexity index is 1070. The third kappa shape index (κ3) is 3.72. The van der Waals surface area contributed by atoms with Gasteiger partial charge in [-0.15, -0.1) is 0 Å². The minimum absolute atomic E-state index is 0.0903. The number of hydrogen-bond acceptors (Lipinski definition) is 5. The second-order valence-corrected chi connectivity index (χ2v) is 7.07. The van der Waals surface area contributed by atoms with Gasteiger partial charge in [-0.1, -0.05) is 42.5 Å². The molecule has 2 aromatic carbocycles. The Morgan fingerprint density at radius 3 is 2.30 bits per heavy atom. The van der Waals surface area contributed by atoms with Gasteiger partial charge in [-0.2, -0.15) is 0 Å². The predicted molar refractivity (Wildman–Crippen MR) is 112 cm³/mol. The van der Waals surface area contributed by atoms with Gasteiger partial charge in [0.15, 0.2) is 0 Å². The highest BCUT2D eigenvalue weighted by atomic mass is 16.5. The molecule has 0 radical (unpaired) electrons. The number of carbonyl (C=O) groups is 2. The van der Waals surface area contributed by atoms with Crippen LogP contribution in [0.3, 0.4) is 0 Å². The van der Waals surface area contributed by atoms with Gasteiger partial charge in [0.25, 0.3) is 11.8 Å². The van der Waals surface area contributed by atoms with Crippen molar-refractivity contribution in [3.05, 3.63) is 95.6 Å². The molecule has 152 valence electrons. The number of ether oxygens (including phenoxy) is 1. The molecule has 0 fully saturated rings. The van der Waals surface area contributed by atoms with Crippen LogP contribution in [0, 0.1) is 0 Å². The molecule has 0 bridgehead atoms. The van der Waals surface area contributed by atoms with E-state index in [2.05, 4.69) is 0 Å². The Labute approximate surface area is 175 Å². The molecule has 6 nitrogen and oxygen atoms in total. The Hall–Kier alpha value is -3.80. The SMILES string of the molecule is COc1ccc(C2=C(N(C)Cc3ccccc3)C(=O)N(Cc3ccco3)C2=O)cc1. The molecule has 1 aliphatic rings. The molecule has 30 heavy (non-hydrogen) atoms. The summed E-state index contributed by atoms with van der Waals surface area (Å²) in [5, 5.41) is 0.